The molecule has 1 fully saturated rings. The van der Waals surface area contributed by atoms with E-state index in [9.17, 15) is 5.11 Å². The van der Waals surface area contributed by atoms with Crippen molar-refractivity contribution in [2.45, 2.75) is 32.4 Å². The van der Waals surface area contributed by atoms with Crippen LogP contribution in [0.5, 0.6) is 0 Å². The first kappa shape index (κ1) is 12.4. The van der Waals surface area contributed by atoms with Gasteiger partial charge < -0.3 is 15.3 Å². The molecule has 1 heterocycles. The van der Waals surface area contributed by atoms with E-state index >= 15 is 0 Å². The number of nitrogens with one attached hydrogen (secondary N) is 1. The van der Waals surface area contributed by atoms with Crippen molar-refractivity contribution < 1.29 is 5.11 Å². The summed E-state index contributed by atoms with van der Waals surface area (Å²) in [7, 11) is 0. The van der Waals surface area contributed by atoms with E-state index < -0.39 is 0 Å². The molecule has 0 unspecified atom stereocenters. The number of rotatable bonds is 4. The van der Waals surface area contributed by atoms with Crippen LogP contribution in [-0.4, -0.2) is 30.8 Å². The Labute approximate surface area is 103 Å². The molecule has 1 aromatic carbocycles. The molecule has 0 radical (unpaired) electrons. The molecule has 0 aromatic heterocycles. The number of piperidine rings is 1. The Morgan fingerprint density at radius 2 is 2.00 bits per heavy atom. The molecule has 0 bridgehead atoms. The molecule has 3 nitrogen and oxygen atoms in total. The summed E-state index contributed by atoms with van der Waals surface area (Å²) >= 11 is 0. The largest absolute Gasteiger partial charge is 0.393 e. The highest BCUT2D eigenvalue weighted by atomic mass is 16.3. The predicted molar refractivity (Wildman–Crippen MR) is 71.3 cm³/mol. The van der Waals surface area contributed by atoms with Crippen molar-refractivity contribution >= 4 is 5.69 Å². The molecule has 0 saturated carbocycles. The summed E-state index contributed by atoms with van der Waals surface area (Å²) < 4.78 is 0. The van der Waals surface area contributed by atoms with Gasteiger partial charge in [-0.05, 0) is 31.0 Å². The second-order valence-corrected chi connectivity index (χ2v) is 4.63. The molecule has 2 N–H and O–H groups in total. The topological polar surface area (TPSA) is 35.5 Å². The Balaban J connectivity index is 2.08. The van der Waals surface area contributed by atoms with E-state index in [2.05, 4.69) is 41.4 Å². The average Bonchev–Trinajstić information content (AvgIpc) is 2.38. The van der Waals surface area contributed by atoms with Gasteiger partial charge in [0, 0.05) is 25.3 Å². The predicted octanol–water partition coefficient (Wildman–Crippen LogP) is 1.76. The van der Waals surface area contributed by atoms with Gasteiger partial charge in [0.25, 0.3) is 0 Å². The molecule has 0 amide bonds. The maximum absolute atomic E-state index is 9.55. The van der Waals surface area contributed by atoms with E-state index in [4.69, 9.17) is 0 Å². The minimum atomic E-state index is -0.104. The zero-order valence-electron chi connectivity index (χ0n) is 10.5. The summed E-state index contributed by atoms with van der Waals surface area (Å²) in [6.45, 7) is 5.97. The van der Waals surface area contributed by atoms with Crippen LogP contribution < -0.4 is 10.2 Å². The Bertz CT molecular complexity index is 346. The summed E-state index contributed by atoms with van der Waals surface area (Å²) in [5, 5.41) is 12.9. The SMILES string of the molecule is CCNCc1ccccc1N1CCC(O)CC1. The molecular weight excluding hydrogens is 212 g/mol. The molecule has 1 aliphatic rings. The fourth-order valence-electron chi connectivity index (χ4n) is 2.34. The quantitative estimate of drug-likeness (QED) is 0.833. The van der Waals surface area contributed by atoms with Gasteiger partial charge >= 0.3 is 0 Å². The van der Waals surface area contributed by atoms with Crippen LogP contribution >= 0.6 is 0 Å². The van der Waals surface area contributed by atoms with Crippen LogP contribution in [0.25, 0.3) is 0 Å². The van der Waals surface area contributed by atoms with Gasteiger partial charge in [-0.25, -0.2) is 0 Å². The van der Waals surface area contributed by atoms with Crippen LogP contribution in [0.1, 0.15) is 25.3 Å². The normalized spacial score (nSPS) is 17.4. The van der Waals surface area contributed by atoms with E-state index in [0.29, 0.717) is 0 Å². The van der Waals surface area contributed by atoms with Crippen molar-refractivity contribution in [1.82, 2.24) is 5.32 Å². The lowest BCUT2D eigenvalue weighted by atomic mass is 10.1. The zero-order chi connectivity index (χ0) is 12.1. The van der Waals surface area contributed by atoms with Crippen LogP contribution in [0, 0.1) is 0 Å². The van der Waals surface area contributed by atoms with Crippen LogP contribution in [-0.2, 0) is 6.54 Å². The highest BCUT2D eigenvalue weighted by Gasteiger charge is 2.18. The Morgan fingerprint density at radius 1 is 1.29 bits per heavy atom. The smallest absolute Gasteiger partial charge is 0.0574 e. The number of hydrogen-bond donors (Lipinski definition) is 2. The molecule has 3 heteroatoms. The molecule has 0 aliphatic carbocycles. The minimum absolute atomic E-state index is 0.104. The number of para-hydroxylation sites is 1. The molecule has 1 aliphatic heterocycles. The lowest BCUT2D eigenvalue weighted by Gasteiger charge is -2.33. The van der Waals surface area contributed by atoms with Crippen molar-refractivity contribution in [2.24, 2.45) is 0 Å². The van der Waals surface area contributed by atoms with E-state index in [1.807, 2.05) is 0 Å². The van der Waals surface area contributed by atoms with Gasteiger partial charge in [0.15, 0.2) is 0 Å². The van der Waals surface area contributed by atoms with Gasteiger partial charge in [-0.2, -0.15) is 0 Å². The van der Waals surface area contributed by atoms with Gasteiger partial charge in [0.05, 0.1) is 6.10 Å². The maximum atomic E-state index is 9.55. The molecule has 17 heavy (non-hydrogen) atoms. The lowest BCUT2D eigenvalue weighted by molar-refractivity contribution is 0.145. The van der Waals surface area contributed by atoms with Crippen LogP contribution in [0.15, 0.2) is 24.3 Å². The Morgan fingerprint density at radius 3 is 2.71 bits per heavy atom. The number of aliphatic hydroxyl groups is 1. The lowest BCUT2D eigenvalue weighted by Crippen LogP contribution is -2.36. The first-order valence-corrected chi connectivity index (χ1v) is 6.53. The second kappa shape index (κ2) is 6.03. The fourth-order valence-corrected chi connectivity index (χ4v) is 2.34. The molecule has 0 atom stereocenters. The molecule has 0 spiro atoms. The van der Waals surface area contributed by atoms with Gasteiger partial charge in [0.2, 0.25) is 0 Å². The van der Waals surface area contributed by atoms with Crippen molar-refractivity contribution in [3.05, 3.63) is 29.8 Å². The molecular formula is C14H22N2O. The van der Waals surface area contributed by atoms with E-state index in [0.717, 1.165) is 39.0 Å². The maximum Gasteiger partial charge on any atom is 0.0574 e. The number of aliphatic hydroxyl groups excluding tert-OH is 1. The number of nitrogens with zero attached hydrogens (tertiary/aromatic N) is 1. The third kappa shape index (κ3) is 3.20. The van der Waals surface area contributed by atoms with Crippen molar-refractivity contribution in [2.75, 3.05) is 24.5 Å². The Hall–Kier alpha value is -1.06. The highest BCUT2D eigenvalue weighted by Crippen LogP contribution is 2.24. The monoisotopic (exact) mass is 234 g/mol. The molecule has 1 saturated heterocycles. The third-order valence-electron chi connectivity index (χ3n) is 3.36. The van der Waals surface area contributed by atoms with Gasteiger partial charge in [-0.3, -0.25) is 0 Å². The van der Waals surface area contributed by atoms with E-state index in [1.54, 1.807) is 0 Å². The third-order valence-corrected chi connectivity index (χ3v) is 3.36. The van der Waals surface area contributed by atoms with E-state index in [-0.39, 0.29) is 6.10 Å². The molecule has 94 valence electrons. The van der Waals surface area contributed by atoms with Crippen molar-refractivity contribution in [3.8, 4) is 0 Å². The summed E-state index contributed by atoms with van der Waals surface area (Å²) in [4.78, 5) is 2.39. The van der Waals surface area contributed by atoms with E-state index in [1.165, 1.54) is 11.3 Å². The summed E-state index contributed by atoms with van der Waals surface area (Å²) in [5.41, 5.74) is 2.67. The summed E-state index contributed by atoms with van der Waals surface area (Å²) in [6, 6.07) is 8.55. The average molecular weight is 234 g/mol. The minimum Gasteiger partial charge on any atom is -0.393 e. The van der Waals surface area contributed by atoms with Gasteiger partial charge in [0.1, 0.15) is 0 Å². The summed E-state index contributed by atoms with van der Waals surface area (Å²) in [6.07, 6.45) is 1.66. The Kier molecular flexibility index (Phi) is 4.40. The fraction of sp³-hybridized carbons (Fsp3) is 0.571. The standard InChI is InChI=1S/C14H22N2O/c1-2-15-11-12-5-3-4-6-14(12)16-9-7-13(17)8-10-16/h3-6,13,15,17H,2,7-11H2,1H3. The number of hydrogen-bond acceptors (Lipinski definition) is 3. The molecule has 1 aromatic rings. The van der Waals surface area contributed by atoms with Crippen molar-refractivity contribution in [3.63, 3.8) is 0 Å². The van der Waals surface area contributed by atoms with Gasteiger partial charge in [-0.15, -0.1) is 0 Å². The highest BCUT2D eigenvalue weighted by molar-refractivity contribution is 5.53. The number of anilines is 1. The van der Waals surface area contributed by atoms with Crippen LogP contribution in [0.2, 0.25) is 0 Å². The first-order valence-electron chi connectivity index (χ1n) is 6.53. The van der Waals surface area contributed by atoms with Crippen molar-refractivity contribution in [1.29, 1.82) is 0 Å². The molecule has 2 rings (SSSR count). The van der Waals surface area contributed by atoms with Gasteiger partial charge in [-0.1, -0.05) is 25.1 Å². The zero-order valence-corrected chi connectivity index (χ0v) is 10.5. The van der Waals surface area contributed by atoms with Crippen LogP contribution in [0.3, 0.4) is 0 Å². The number of benzene rings is 1. The second-order valence-electron chi connectivity index (χ2n) is 4.63. The first-order chi connectivity index (χ1) is 8.31. The summed E-state index contributed by atoms with van der Waals surface area (Å²) in [5.74, 6) is 0. The van der Waals surface area contributed by atoms with Crippen LogP contribution in [0.4, 0.5) is 5.69 Å².